The number of carbonyl (C=O) groups is 2. The van der Waals surface area contributed by atoms with Crippen LogP contribution < -0.4 is 5.73 Å². The smallest absolute Gasteiger partial charge is 0.240 e. The van der Waals surface area contributed by atoms with Gasteiger partial charge in [0.05, 0.1) is 6.04 Å². The molecule has 6 heteroatoms. The summed E-state index contributed by atoms with van der Waals surface area (Å²) < 4.78 is 0. The molecule has 0 aromatic carbocycles. The van der Waals surface area contributed by atoms with E-state index in [4.69, 9.17) is 5.73 Å². The highest BCUT2D eigenvalue weighted by atomic mass is 35.5. The van der Waals surface area contributed by atoms with E-state index in [2.05, 4.69) is 0 Å². The monoisotopic (exact) mass is 305 g/mol. The summed E-state index contributed by atoms with van der Waals surface area (Å²) >= 11 is 0. The van der Waals surface area contributed by atoms with Gasteiger partial charge in [0.25, 0.3) is 0 Å². The molecular weight excluding hydrogens is 278 g/mol. The molecule has 20 heavy (non-hydrogen) atoms. The van der Waals surface area contributed by atoms with E-state index in [0.717, 1.165) is 0 Å². The van der Waals surface area contributed by atoms with Crippen molar-refractivity contribution < 1.29 is 9.59 Å². The maximum Gasteiger partial charge on any atom is 0.240 e. The molecule has 1 heterocycles. The Balaban J connectivity index is 0.00000361. The number of hydrogen-bond acceptors (Lipinski definition) is 3. The van der Waals surface area contributed by atoms with Crippen molar-refractivity contribution in [3.05, 3.63) is 0 Å². The molecule has 0 bridgehead atoms. The average Bonchev–Trinajstić information content (AvgIpc) is 2.35. The lowest BCUT2D eigenvalue weighted by atomic mass is 9.86. The van der Waals surface area contributed by atoms with Crippen LogP contribution in [-0.4, -0.2) is 53.8 Å². The van der Waals surface area contributed by atoms with E-state index in [-0.39, 0.29) is 35.6 Å². The first-order chi connectivity index (χ1) is 8.64. The molecule has 0 aliphatic carbocycles. The van der Waals surface area contributed by atoms with Crippen LogP contribution >= 0.6 is 12.4 Å². The Kier molecular flexibility index (Phi) is 6.98. The highest BCUT2D eigenvalue weighted by molar-refractivity contribution is 5.85. The molecule has 1 aliphatic rings. The van der Waals surface area contributed by atoms with Crippen LogP contribution in [0.15, 0.2) is 0 Å². The van der Waals surface area contributed by atoms with Gasteiger partial charge in [-0.15, -0.1) is 12.4 Å². The molecule has 0 saturated carbocycles. The number of carbonyl (C=O) groups excluding carboxylic acids is 2. The summed E-state index contributed by atoms with van der Waals surface area (Å²) in [6, 6.07) is -0.486. The number of nitrogens with two attached hydrogens (primary N) is 1. The first-order valence-electron chi connectivity index (χ1n) is 6.97. The van der Waals surface area contributed by atoms with Crippen molar-refractivity contribution in [2.24, 2.45) is 17.1 Å². The van der Waals surface area contributed by atoms with Crippen LogP contribution in [0.25, 0.3) is 0 Å². The molecule has 1 fully saturated rings. The van der Waals surface area contributed by atoms with Crippen molar-refractivity contribution in [1.82, 2.24) is 9.80 Å². The Morgan fingerprint density at radius 3 is 1.60 bits per heavy atom. The van der Waals surface area contributed by atoms with Gasteiger partial charge >= 0.3 is 0 Å². The predicted molar refractivity (Wildman–Crippen MR) is 82.7 cm³/mol. The average molecular weight is 306 g/mol. The summed E-state index contributed by atoms with van der Waals surface area (Å²) in [6.45, 7) is 12.1. The molecule has 0 radical (unpaired) electrons. The lowest BCUT2D eigenvalue weighted by molar-refractivity contribution is -0.143. The van der Waals surface area contributed by atoms with Gasteiger partial charge in [0.2, 0.25) is 11.8 Å². The van der Waals surface area contributed by atoms with E-state index < -0.39 is 6.04 Å². The highest BCUT2D eigenvalue weighted by Gasteiger charge is 2.33. The Morgan fingerprint density at radius 1 is 0.950 bits per heavy atom. The lowest BCUT2D eigenvalue weighted by Crippen LogP contribution is -2.57. The maximum atomic E-state index is 12.3. The second-order valence-electron chi connectivity index (χ2n) is 6.65. The molecule has 0 aromatic rings. The molecule has 1 saturated heterocycles. The summed E-state index contributed by atoms with van der Waals surface area (Å²) in [6.07, 6.45) is 0. The molecule has 1 aliphatic heterocycles. The third-order valence-electron chi connectivity index (χ3n) is 3.60. The quantitative estimate of drug-likeness (QED) is 0.831. The lowest BCUT2D eigenvalue weighted by Gasteiger charge is -2.38. The van der Waals surface area contributed by atoms with Gasteiger partial charge in [0.15, 0.2) is 0 Å². The topological polar surface area (TPSA) is 66.6 Å². The number of hydrogen-bond donors (Lipinski definition) is 1. The largest absolute Gasteiger partial charge is 0.339 e. The van der Waals surface area contributed by atoms with E-state index >= 15 is 0 Å². The van der Waals surface area contributed by atoms with Crippen molar-refractivity contribution >= 4 is 24.2 Å². The van der Waals surface area contributed by atoms with Crippen molar-refractivity contribution in [3.8, 4) is 0 Å². The molecule has 2 amide bonds. The number of amides is 2. The molecule has 118 valence electrons. The normalized spacial score (nSPS) is 17.8. The summed E-state index contributed by atoms with van der Waals surface area (Å²) in [5, 5.41) is 0. The van der Waals surface area contributed by atoms with Gasteiger partial charge in [-0.25, -0.2) is 0 Å². The fourth-order valence-corrected chi connectivity index (χ4v) is 2.08. The summed E-state index contributed by atoms with van der Waals surface area (Å²) in [4.78, 5) is 27.7. The first kappa shape index (κ1) is 19.2. The molecule has 1 rings (SSSR count). The van der Waals surface area contributed by atoms with E-state index in [0.29, 0.717) is 26.2 Å². The fraction of sp³-hybridized carbons (Fsp3) is 0.857. The van der Waals surface area contributed by atoms with Gasteiger partial charge in [0.1, 0.15) is 0 Å². The van der Waals surface area contributed by atoms with Gasteiger partial charge in [0, 0.05) is 32.1 Å². The van der Waals surface area contributed by atoms with Crippen molar-refractivity contribution in [1.29, 1.82) is 0 Å². The Labute approximate surface area is 128 Å². The van der Waals surface area contributed by atoms with E-state index in [1.165, 1.54) is 0 Å². The Hall–Kier alpha value is -0.810. The summed E-state index contributed by atoms with van der Waals surface area (Å²) in [7, 11) is 0. The van der Waals surface area contributed by atoms with Gasteiger partial charge < -0.3 is 15.5 Å². The minimum absolute atomic E-state index is 0. The molecule has 1 atom stereocenters. The van der Waals surface area contributed by atoms with Crippen LogP contribution in [0.4, 0.5) is 0 Å². The molecule has 5 nitrogen and oxygen atoms in total. The van der Waals surface area contributed by atoms with E-state index in [1.54, 1.807) is 4.90 Å². The van der Waals surface area contributed by atoms with Crippen LogP contribution in [0.5, 0.6) is 0 Å². The minimum Gasteiger partial charge on any atom is -0.339 e. The van der Waals surface area contributed by atoms with Crippen LogP contribution in [0.3, 0.4) is 0 Å². The second kappa shape index (κ2) is 7.27. The van der Waals surface area contributed by atoms with Gasteiger partial charge in [-0.3, -0.25) is 9.59 Å². The van der Waals surface area contributed by atoms with Gasteiger partial charge in [-0.05, 0) is 5.41 Å². The highest BCUT2D eigenvalue weighted by Crippen LogP contribution is 2.20. The van der Waals surface area contributed by atoms with Crippen LogP contribution in [0.1, 0.15) is 34.6 Å². The van der Waals surface area contributed by atoms with Gasteiger partial charge in [-0.2, -0.15) is 0 Å². The van der Waals surface area contributed by atoms with E-state index in [9.17, 15) is 9.59 Å². The maximum absolute atomic E-state index is 12.3. The second-order valence-corrected chi connectivity index (χ2v) is 6.65. The molecule has 0 spiro atoms. The standard InChI is InChI=1S/C14H27N3O2.ClH/c1-10(2)12(18)16-6-8-17(9-7-16)13(19)11(15)14(3,4)5;/h10-11H,6-9,15H2,1-5H3;1H/t11-;/m1./s1. The SMILES string of the molecule is CC(C)C(=O)N1CCN(C(=O)[C@@H](N)C(C)(C)C)CC1.Cl. The Bertz CT molecular complexity index is 345. The zero-order valence-electron chi connectivity index (χ0n) is 13.2. The number of piperazine rings is 1. The molecule has 0 aromatic heterocycles. The zero-order chi connectivity index (χ0) is 14.8. The fourth-order valence-electron chi connectivity index (χ4n) is 2.08. The van der Waals surface area contributed by atoms with Crippen molar-refractivity contribution in [2.45, 2.75) is 40.7 Å². The zero-order valence-corrected chi connectivity index (χ0v) is 14.0. The van der Waals surface area contributed by atoms with Crippen LogP contribution in [0, 0.1) is 11.3 Å². The van der Waals surface area contributed by atoms with Crippen molar-refractivity contribution in [2.75, 3.05) is 26.2 Å². The van der Waals surface area contributed by atoms with Gasteiger partial charge in [-0.1, -0.05) is 34.6 Å². The molecule has 0 unspecified atom stereocenters. The summed E-state index contributed by atoms with van der Waals surface area (Å²) in [5.74, 6) is 0.162. The van der Waals surface area contributed by atoms with Crippen LogP contribution in [0.2, 0.25) is 0 Å². The molecule has 2 N–H and O–H groups in total. The third-order valence-corrected chi connectivity index (χ3v) is 3.60. The van der Waals surface area contributed by atoms with Crippen LogP contribution in [-0.2, 0) is 9.59 Å². The number of halogens is 1. The van der Waals surface area contributed by atoms with Crippen molar-refractivity contribution in [3.63, 3.8) is 0 Å². The van der Waals surface area contributed by atoms with E-state index in [1.807, 2.05) is 39.5 Å². The first-order valence-corrected chi connectivity index (χ1v) is 6.97. The predicted octanol–water partition coefficient (Wildman–Crippen LogP) is 1.11. The summed E-state index contributed by atoms with van der Waals surface area (Å²) in [5.41, 5.74) is 5.76. The Morgan fingerprint density at radius 2 is 1.30 bits per heavy atom. The number of nitrogens with zero attached hydrogens (tertiary/aromatic N) is 2. The number of rotatable bonds is 2. The third kappa shape index (κ3) is 4.63. The molecular formula is C14H28ClN3O2. The minimum atomic E-state index is -0.486.